The number of methoxy groups -OCH3 is 1. The third-order valence-corrected chi connectivity index (χ3v) is 2.82. The van der Waals surface area contributed by atoms with E-state index in [2.05, 4.69) is 10.3 Å². The number of rotatable bonds is 4. The molecule has 0 amide bonds. The van der Waals surface area contributed by atoms with Gasteiger partial charge in [0.2, 0.25) is 0 Å². The summed E-state index contributed by atoms with van der Waals surface area (Å²) in [4.78, 5) is 14.6. The Morgan fingerprint density at radius 1 is 1.39 bits per heavy atom. The fourth-order valence-electron chi connectivity index (χ4n) is 1.23. The summed E-state index contributed by atoms with van der Waals surface area (Å²) in [5.41, 5.74) is 0.878. The first-order valence-corrected chi connectivity index (χ1v) is 5.67. The molecule has 0 fully saturated rings. The lowest BCUT2D eigenvalue weighted by Crippen LogP contribution is -1.97. The number of thiazole rings is 1. The van der Waals surface area contributed by atoms with Gasteiger partial charge in [-0.2, -0.15) is 0 Å². The van der Waals surface area contributed by atoms with Gasteiger partial charge in [0.05, 0.1) is 7.11 Å². The predicted octanol–water partition coefficient (Wildman–Crippen LogP) is 3.17. The van der Waals surface area contributed by atoms with Gasteiger partial charge in [-0.3, -0.25) is 0 Å². The van der Waals surface area contributed by atoms with Crippen LogP contribution in [0, 0.1) is 0 Å². The molecule has 0 aliphatic heterocycles. The van der Waals surface area contributed by atoms with Crippen LogP contribution in [-0.2, 0) is 0 Å². The molecule has 5 nitrogen and oxygen atoms in total. The Kier molecular flexibility index (Phi) is 5.11. The van der Waals surface area contributed by atoms with Crippen molar-refractivity contribution in [2.24, 2.45) is 0 Å². The molecule has 0 bridgehead atoms. The number of aromatic carboxylic acids is 1. The van der Waals surface area contributed by atoms with E-state index in [1.807, 2.05) is 24.3 Å². The molecule has 1 aromatic carbocycles. The number of anilines is 2. The van der Waals surface area contributed by atoms with E-state index < -0.39 is 5.97 Å². The molecule has 1 aromatic heterocycles. The number of benzene rings is 1. The predicted molar refractivity (Wildman–Crippen MR) is 75.7 cm³/mol. The Hall–Kier alpha value is -1.60. The van der Waals surface area contributed by atoms with Crippen LogP contribution in [0.4, 0.5) is 10.8 Å². The van der Waals surface area contributed by atoms with Crippen LogP contribution in [0.5, 0.6) is 5.75 Å². The summed E-state index contributed by atoms with van der Waals surface area (Å²) in [7, 11) is 1.60. The molecule has 0 saturated carbocycles. The summed E-state index contributed by atoms with van der Waals surface area (Å²) < 4.78 is 5.04. The lowest BCUT2D eigenvalue weighted by molar-refractivity contribution is 0.0691. The Bertz CT molecular complexity index is 527. The van der Waals surface area contributed by atoms with Crippen molar-refractivity contribution in [3.05, 3.63) is 35.3 Å². The van der Waals surface area contributed by atoms with Crippen molar-refractivity contribution in [3.63, 3.8) is 0 Å². The average molecular weight is 331 g/mol. The molecule has 0 saturated heterocycles. The molecule has 2 aromatic rings. The van der Waals surface area contributed by atoms with Gasteiger partial charge in [0.15, 0.2) is 10.8 Å². The van der Waals surface area contributed by atoms with E-state index in [1.54, 1.807) is 7.11 Å². The number of hydrogen-bond acceptors (Lipinski definition) is 5. The van der Waals surface area contributed by atoms with Gasteiger partial charge < -0.3 is 15.2 Å². The Morgan fingerprint density at radius 3 is 2.56 bits per heavy atom. The summed E-state index contributed by atoms with van der Waals surface area (Å²) >= 11 is 1.25. The Morgan fingerprint density at radius 2 is 2.06 bits per heavy atom. The maximum absolute atomic E-state index is 10.7. The highest BCUT2D eigenvalue weighted by molar-refractivity contribution is 8.93. The van der Waals surface area contributed by atoms with E-state index in [4.69, 9.17) is 9.84 Å². The monoisotopic (exact) mass is 330 g/mol. The second-order valence-electron chi connectivity index (χ2n) is 3.20. The van der Waals surface area contributed by atoms with E-state index in [9.17, 15) is 4.79 Å². The Labute approximate surface area is 118 Å². The van der Waals surface area contributed by atoms with Gasteiger partial charge in [0, 0.05) is 11.1 Å². The van der Waals surface area contributed by atoms with E-state index in [0.29, 0.717) is 5.13 Å². The molecule has 0 aliphatic carbocycles. The first-order valence-electron chi connectivity index (χ1n) is 4.79. The van der Waals surface area contributed by atoms with Crippen LogP contribution in [0.15, 0.2) is 29.6 Å². The maximum Gasteiger partial charge on any atom is 0.355 e. The number of nitrogens with one attached hydrogen (secondary N) is 1. The molecule has 0 radical (unpaired) electrons. The fourth-order valence-corrected chi connectivity index (χ4v) is 1.93. The lowest BCUT2D eigenvalue weighted by atomic mass is 10.3. The van der Waals surface area contributed by atoms with Crippen molar-refractivity contribution in [2.75, 3.05) is 12.4 Å². The number of carboxylic acids is 1. The zero-order valence-corrected chi connectivity index (χ0v) is 11.9. The topological polar surface area (TPSA) is 71.5 Å². The van der Waals surface area contributed by atoms with Crippen LogP contribution in [0.25, 0.3) is 0 Å². The van der Waals surface area contributed by atoms with Crippen molar-refractivity contribution in [2.45, 2.75) is 0 Å². The minimum absolute atomic E-state index is 0. The zero-order valence-electron chi connectivity index (χ0n) is 9.41. The molecule has 7 heteroatoms. The smallest absolute Gasteiger partial charge is 0.355 e. The largest absolute Gasteiger partial charge is 0.497 e. The SMILES string of the molecule is Br.COc1ccc(Nc2nc(C(=O)O)cs2)cc1. The molecule has 0 unspecified atom stereocenters. The van der Waals surface area contributed by atoms with Gasteiger partial charge in [0.1, 0.15) is 5.75 Å². The molecule has 0 aliphatic rings. The third kappa shape index (κ3) is 3.44. The summed E-state index contributed by atoms with van der Waals surface area (Å²) in [6.45, 7) is 0. The third-order valence-electron chi connectivity index (χ3n) is 2.06. The molecule has 96 valence electrons. The van der Waals surface area contributed by atoms with E-state index >= 15 is 0 Å². The first kappa shape index (κ1) is 14.5. The van der Waals surface area contributed by atoms with E-state index in [-0.39, 0.29) is 22.7 Å². The second kappa shape index (κ2) is 6.36. The number of nitrogens with zero attached hydrogens (tertiary/aromatic N) is 1. The van der Waals surface area contributed by atoms with Crippen LogP contribution in [0.2, 0.25) is 0 Å². The zero-order chi connectivity index (χ0) is 12.3. The fraction of sp³-hybridized carbons (Fsp3) is 0.0909. The highest BCUT2D eigenvalue weighted by Crippen LogP contribution is 2.22. The van der Waals surface area contributed by atoms with Crippen LogP contribution in [0.1, 0.15) is 10.5 Å². The molecule has 2 N–H and O–H groups in total. The minimum atomic E-state index is -1.02. The molecule has 0 spiro atoms. The first-order chi connectivity index (χ1) is 8.19. The van der Waals surface area contributed by atoms with E-state index in [0.717, 1.165) is 11.4 Å². The highest BCUT2D eigenvalue weighted by Gasteiger charge is 2.08. The van der Waals surface area contributed by atoms with Gasteiger partial charge in [-0.05, 0) is 24.3 Å². The highest BCUT2D eigenvalue weighted by atomic mass is 79.9. The second-order valence-corrected chi connectivity index (χ2v) is 4.05. The van der Waals surface area contributed by atoms with Gasteiger partial charge in [-0.15, -0.1) is 28.3 Å². The van der Waals surface area contributed by atoms with Crippen LogP contribution in [0.3, 0.4) is 0 Å². The summed E-state index contributed by atoms with van der Waals surface area (Å²) in [6, 6.07) is 7.30. The number of ether oxygens (including phenoxy) is 1. The molecular formula is C11H11BrN2O3S. The number of aromatic nitrogens is 1. The van der Waals surface area contributed by atoms with E-state index in [1.165, 1.54) is 16.7 Å². The van der Waals surface area contributed by atoms with Gasteiger partial charge in [-0.1, -0.05) is 0 Å². The van der Waals surface area contributed by atoms with Crippen molar-refractivity contribution >= 4 is 45.1 Å². The van der Waals surface area contributed by atoms with Crippen molar-refractivity contribution < 1.29 is 14.6 Å². The van der Waals surface area contributed by atoms with Gasteiger partial charge >= 0.3 is 5.97 Å². The lowest BCUT2D eigenvalue weighted by Gasteiger charge is -2.03. The molecule has 2 rings (SSSR count). The Balaban J connectivity index is 0.00000162. The van der Waals surface area contributed by atoms with Crippen molar-refractivity contribution in [1.82, 2.24) is 4.98 Å². The number of halogens is 1. The molecule has 1 heterocycles. The van der Waals surface area contributed by atoms with Crippen LogP contribution >= 0.6 is 28.3 Å². The summed E-state index contributed by atoms with van der Waals surface area (Å²) in [6.07, 6.45) is 0. The standard InChI is InChI=1S/C11H10N2O3S.BrH/c1-16-8-4-2-7(3-5-8)12-11-13-9(6-17-11)10(14)15;/h2-6H,1H3,(H,12,13)(H,14,15);1H. The van der Waals surface area contributed by atoms with Gasteiger partial charge in [-0.25, -0.2) is 9.78 Å². The number of carboxylic acid groups (broad SMARTS) is 1. The normalized spacial score (nSPS) is 9.39. The summed E-state index contributed by atoms with van der Waals surface area (Å²) in [5.74, 6) is -0.259. The van der Waals surface area contributed by atoms with Crippen LogP contribution < -0.4 is 10.1 Å². The minimum Gasteiger partial charge on any atom is -0.497 e. The average Bonchev–Trinajstić information content (AvgIpc) is 2.79. The van der Waals surface area contributed by atoms with Crippen molar-refractivity contribution in [3.8, 4) is 5.75 Å². The molecule has 18 heavy (non-hydrogen) atoms. The number of carbonyl (C=O) groups is 1. The van der Waals surface area contributed by atoms with Crippen molar-refractivity contribution in [1.29, 1.82) is 0 Å². The van der Waals surface area contributed by atoms with Gasteiger partial charge in [0.25, 0.3) is 0 Å². The number of hydrogen-bond donors (Lipinski definition) is 2. The maximum atomic E-state index is 10.7. The molecular weight excluding hydrogens is 320 g/mol. The van der Waals surface area contributed by atoms with Crippen LogP contribution in [-0.4, -0.2) is 23.2 Å². The summed E-state index contributed by atoms with van der Waals surface area (Å²) in [5, 5.41) is 13.8. The quantitative estimate of drug-likeness (QED) is 0.900. The molecule has 0 atom stereocenters.